The molecule has 158 valence electrons. The number of likely N-dealkylation sites (N-methyl/N-ethyl adjacent to an activating group) is 1. The number of nitrogens with one attached hydrogen (secondary N) is 2. The minimum Gasteiger partial charge on any atom is -0.399 e. The maximum Gasteiger partial charge on any atom is 0.239 e. The van der Waals surface area contributed by atoms with Crippen LogP contribution in [0.15, 0.2) is 11.9 Å². The number of hydrazine groups is 1. The number of nitrogens with zero attached hydrogens (tertiary/aromatic N) is 3. The SMILES string of the molecule is C1CCCCC1.CNCCN(C=O)CC(=O)NC/C(N)=C/N(N)C1(C#N)CC1. The van der Waals surface area contributed by atoms with E-state index in [0.717, 1.165) is 0 Å². The van der Waals surface area contributed by atoms with Crippen LogP contribution in [0.3, 0.4) is 0 Å². The quantitative estimate of drug-likeness (QED) is 0.235. The molecule has 0 radical (unpaired) electrons. The first-order chi connectivity index (χ1) is 13.5. The van der Waals surface area contributed by atoms with E-state index in [4.69, 9.17) is 16.8 Å². The summed E-state index contributed by atoms with van der Waals surface area (Å²) in [7, 11) is 1.76. The Morgan fingerprint density at radius 1 is 1.21 bits per heavy atom. The van der Waals surface area contributed by atoms with E-state index in [9.17, 15) is 9.59 Å². The van der Waals surface area contributed by atoms with Gasteiger partial charge >= 0.3 is 0 Å². The van der Waals surface area contributed by atoms with Gasteiger partial charge in [0.1, 0.15) is 5.54 Å². The summed E-state index contributed by atoms with van der Waals surface area (Å²) in [6, 6.07) is 2.14. The standard InChI is InChI=1S/C13H23N7O2.C6H12/c1-17-4-5-19(10-21)8-12(22)18-6-11(15)7-20(16)13(9-14)2-3-13;1-2-4-6-5-3-1/h7,10,17H,2-6,8,15-16H2,1H3,(H,18,22);1-6H2/b11-7-;. The monoisotopic (exact) mass is 393 g/mol. The number of nitriles is 1. The summed E-state index contributed by atoms with van der Waals surface area (Å²) in [5.41, 5.74) is 5.45. The molecule has 0 aromatic carbocycles. The molecule has 2 aliphatic carbocycles. The fourth-order valence-electron chi connectivity index (χ4n) is 2.82. The van der Waals surface area contributed by atoms with Gasteiger partial charge in [-0.05, 0) is 19.9 Å². The fourth-order valence-corrected chi connectivity index (χ4v) is 2.82. The van der Waals surface area contributed by atoms with E-state index in [2.05, 4.69) is 16.7 Å². The van der Waals surface area contributed by atoms with Crippen LogP contribution < -0.4 is 22.2 Å². The third-order valence-corrected chi connectivity index (χ3v) is 4.87. The fraction of sp³-hybridized carbons (Fsp3) is 0.737. The highest BCUT2D eigenvalue weighted by Crippen LogP contribution is 2.39. The van der Waals surface area contributed by atoms with Crippen molar-refractivity contribution in [1.29, 1.82) is 5.26 Å². The maximum absolute atomic E-state index is 11.7. The summed E-state index contributed by atoms with van der Waals surface area (Å²) in [6.07, 6.45) is 12.5. The normalized spacial score (nSPS) is 17.4. The predicted octanol–water partition coefficient (Wildman–Crippen LogP) is 0.153. The molecule has 0 aliphatic heterocycles. The molecule has 2 saturated carbocycles. The van der Waals surface area contributed by atoms with E-state index in [-0.39, 0.29) is 19.0 Å². The van der Waals surface area contributed by atoms with Gasteiger partial charge in [0.05, 0.1) is 19.2 Å². The highest BCUT2D eigenvalue weighted by Gasteiger charge is 2.47. The van der Waals surface area contributed by atoms with Gasteiger partial charge < -0.3 is 21.3 Å². The maximum atomic E-state index is 11.7. The van der Waals surface area contributed by atoms with Crippen LogP contribution in [-0.2, 0) is 9.59 Å². The van der Waals surface area contributed by atoms with E-state index in [1.54, 1.807) is 7.05 Å². The van der Waals surface area contributed by atoms with Crippen molar-refractivity contribution in [1.82, 2.24) is 20.5 Å². The Labute approximate surface area is 168 Å². The molecule has 28 heavy (non-hydrogen) atoms. The molecule has 2 fully saturated rings. The van der Waals surface area contributed by atoms with Crippen LogP contribution in [0.25, 0.3) is 0 Å². The minimum absolute atomic E-state index is 0.0348. The Morgan fingerprint density at radius 2 is 1.79 bits per heavy atom. The first-order valence-electron chi connectivity index (χ1n) is 9.99. The predicted molar refractivity (Wildman–Crippen MR) is 108 cm³/mol. The summed E-state index contributed by atoms with van der Waals surface area (Å²) in [6.45, 7) is 1.12. The molecule has 0 bridgehead atoms. The molecule has 0 unspecified atom stereocenters. The molecule has 0 atom stereocenters. The van der Waals surface area contributed by atoms with Crippen LogP contribution >= 0.6 is 0 Å². The molecule has 9 heteroatoms. The third kappa shape index (κ3) is 9.06. The van der Waals surface area contributed by atoms with Crippen molar-refractivity contribution in [2.45, 2.75) is 56.9 Å². The second-order valence-electron chi connectivity index (χ2n) is 7.33. The number of rotatable bonds is 10. The molecular formula is C19H35N7O2. The van der Waals surface area contributed by atoms with Crippen LogP contribution in [0.2, 0.25) is 0 Å². The Hall–Kier alpha value is -2.31. The lowest BCUT2D eigenvalue weighted by molar-refractivity contribution is -0.127. The van der Waals surface area contributed by atoms with E-state index in [0.29, 0.717) is 38.0 Å². The van der Waals surface area contributed by atoms with Gasteiger partial charge in [-0.25, -0.2) is 5.84 Å². The van der Waals surface area contributed by atoms with Crippen molar-refractivity contribution in [3.05, 3.63) is 11.9 Å². The van der Waals surface area contributed by atoms with Crippen molar-refractivity contribution in [2.24, 2.45) is 11.6 Å². The summed E-state index contributed by atoms with van der Waals surface area (Å²) in [4.78, 5) is 23.9. The van der Waals surface area contributed by atoms with Gasteiger partial charge in [-0.15, -0.1) is 0 Å². The number of carbonyl (C=O) groups excluding carboxylic acids is 2. The van der Waals surface area contributed by atoms with Gasteiger partial charge in [-0.1, -0.05) is 38.5 Å². The second kappa shape index (κ2) is 13.0. The molecule has 2 amide bonds. The lowest BCUT2D eigenvalue weighted by atomic mass is 10.0. The topological polar surface area (TPSA) is 141 Å². The number of nitrogens with two attached hydrogens (primary N) is 2. The summed E-state index contributed by atoms with van der Waals surface area (Å²) < 4.78 is 0. The minimum atomic E-state index is -0.657. The van der Waals surface area contributed by atoms with Crippen molar-refractivity contribution in [3.63, 3.8) is 0 Å². The Balaban J connectivity index is 0.000000552. The van der Waals surface area contributed by atoms with Crippen molar-refractivity contribution >= 4 is 12.3 Å². The highest BCUT2D eigenvalue weighted by molar-refractivity contribution is 5.80. The molecule has 0 heterocycles. The van der Waals surface area contributed by atoms with Gasteiger partial charge in [-0.2, -0.15) is 5.26 Å². The smallest absolute Gasteiger partial charge is 0.239 e. The molecule has 6 N–H and O–H groups in total. The number of hydrogen-bond acceptors (Lipinski definition) is 7. The Morgan fingerprint density at radius 3 is 2.21 bits per heavy atom. The molecule has 2 rings (SSSR count). The molecule has 2 aliphatic rings. The van der Waals surface area contributed by atoms with Crippen LogP contribution in [0.1, 0.15) is 51.4 Å². The zero-order valence-electron chi connectivity index (χ0n) is 17.0. The first kappa shape index (κ1) is 23.7. The zero-order valence-corrected chi connectivity index (χ0v) is 17.0. The molecule has 9 nitrogen and oxygen atoms in total. The van der Waals surface area contributed by atoms with Crippen LogP contribution in [0.4, 0.5) is 0 Å². The van der Waals surface area contributed by atoms with Crippen LogP contribution in [0.5, 0.6) is 0 Å². The lowest BCUT2D eigenvalue weighted by Crippen LogP contribution is -2.41. The molecule has 0 spiro atoms. The van der Waals surface area contributed by atoms with E-state index >= 15 is 0 Å². The van der Waals surface area contributed by atoms with Gasteiger partial charge in [0, 0.05) is 25.0 Å². The second-order valence-corrected chi connectivity index (χ2v) is 7.33. The highest BCUT2D eigenvalue weighted by atomic mass is 16.2. The lowest BCUT2D eigenvalue weighted by Gasteiger charge is -2.20. The van der Waals surface area contributed by atoms with Crippen LogP contribution in [0, 0.1) is 11.3 Å². The number of carbonyl (C=O) groups is 2. The van der Waals surface area contributed by atoms with Crippen molar-refractivity contribution in [3.8, 4) is 6.07 Å². The van der Waals surface area contributed by atoms with Crippen molar-refractivity contribution in [2.75, 3.05) is 33.2 Å². The molecular weight excluding hydrogens is 358 g/mol. The van der Waals surface area contributed by atoms with Crippen LogP contribution in [-0.4, -0.2) is 61.0 Å². The van der Waals surface area contributed by atoms with Gasteiger partial charge in [-0.3, -0.25) is 14.6 Å². The summed E-state index contributed by atoms with van der Waals surface area (Å²) in [5.74, 6) is 5.45. The van der Waals surface area contributed by atoms with E-state index in [1.807, 2.05) is 0 Å². The van der Waals surface area contributed by atoms with Gasteiger partial charge in [0.25, 0.3) is 0 Å². The Kier molecular flexibility index (Phi) is 11.0. The summed E-state index contributed by atoms with van der Waals surface area (Å²) >= 11 is 0. The molecule has 0 aromatic rings. The molecule has 0 aromatic heterocycles. The number of hydrogen-bond donors (Lipinski definition) is 4. The Bertz CT molecular complexity index is 539. The van der Waals surface area contributed by atoms with Gasteiger partial charge in [0.15, 0.2) is 0 Å². The third-order valence-electron chi connectivity index (χ3n) is 4.87. The first-order valence-corrected chi connectivity index (χ1v) is 9.99. The summed E-state index contributed by atoms with van der Waals surface area (Å²) in [5, 5.41) is 15.8. The average molecular weight is 394 g/mol. The number of amides is 2. The largest absolute Gasteiger partial charge is 0.399 e. The van der Waals surface area contributed by atoms with E-state index < -0.39 is 5.54 Å². The average Bonchev–Trinajstić information content (AvgIpc) is 3.53. The van der Waals surface area contributed by atoms with E-state index in [1.165, 1.54) is 54.6 Å². The molecule has 0 saturated heterocycles. The van der Waals surface area contributed by atoms with Crippen molar-refractivity contribution < 1.29 is 9.59 Å². The zero-order chi connectivity index (χ0) is 20.8. The van der Waals surface area contributed by atoms with Gasteiger partial charge in [0.2, 0.25) is 12.3 Å².